The van der Waals surface area contributed by atoms with Crippen molar-refractivity contribution in [3.05, 3.63) is 66.0 Å². The lowest BCUT2D eigenvalue weighted by atomic mass is 9.95. The molecule has 1 aliphatic rings. The van der Waals surface area contributed by atoms with Gasteiger partial charge in [-0.2, -0.15) is 0 Å². The van der Waals surface area contributed by atoms with Crippen LogP contribution in [-0.4, -0.2) is 24.0 Å². The predicted molar refractivity (Wildman–Crippen MR) is 88.9 cm³/mol. The fraction of sp³-hybridized carbons (Fsp3) is 0.368. The summed E-state index contributed by atoms with van der Waals surface area (Å²) in [5.41, 5.74) is 2.12. The van der Waals surface area contributed by atoms with E-state index >= 15 is 0 Å². The number of pyridine rings is 1. The van der Waals surface area contributed by atoms with E-state index in [4.69, 9.17) is 4.74 Å². The maximum atomic E-state index is 12.4. The van der Waals surface area contributed by atoms with Crippen LogP contribution < -0.4 is 5.32 Å². The molecule has 0 unspecified atom stereocenters. The summed E-state index contributed by atoms with van der Waals surface area (Å²) in [6.45, 7) is 3.30. The standard InChI is InChI=1S/C19H22N2O2/c1-14(16-8-5-10-20-12-16)19(22)21-13-17-9-11-23-18(17)15-6-3-2-4-7-15/h2-8,10,12,14,17-18H,9,11,13H2,1H3,(H,21,22)/t14-,17-,18-/m0/s1. The molecule has 1 fully saturated rings. The molecule has 0 spiro atoms. The summed E-state index contributed by atoms with van der Waals surface area (Å²) in [7, 11) is 0. The van der Waals surface area contributed by atoms with Gasteiger partial charge in [0, 0.05) is 31.5 Å². The summed E-state index contributed by atoms with van der Waals surface area (Å²) in [5.74, 6) is 0.167. The minimum absolute atomic E-state index is 0.0386. The SMILES string of the molecule is C[C@H](C(=O)NC[C@@H]1CCO[C@H]1c1ccccc1)c1cccnc1. The van der Waals surface area contributed by atoms with Crippen molar-refractivity contribution in [2.24, 2.45) is 5.92 Å². The molecule has 1 N–H and O–H groups in total. The van der Waals surface area contributed by atoms with E-state index in [1.807, 2.05) is 37.3 Å². The maximum absolute atomic E-state index is 12.4. The van der Waals surface area contributed by atoms with Gasteiger partial charge < -0.3 is 10.1 Å². The van der Waals surface area contributed by atoms with Crippen molar-refractivity contribution in [2.45, 2.75) is 25.4 Å². The van der Waals surface area contributed by atoms with Crippen LogP contribution in [0.25, 0.3) is 0 Å². The lowest BCUT2D eigenvalue weighted by Crippen LogP contribution is -2.33. The molecule has 1 aromatic heterocycles. The number of carbonyl (C=O) groups is 1. The molecule has 1 aromatic carbocycles. The molecule has 1 aliphatic heterocycles. The van der Waals surface area contributed by atoms with Gasteiger partial charge in [-0.05, 0) is 30.5 Å². The number of aromatic nitrogens is 1. The quantitative estimate of drug-likeness (QED) is 0.923. The number of ether oxygens (including phenoxy) is 1. The summed E-state index contributed by atoms with van der Waals surface area (Å²) in [6.07, 6.45) is 4.51. The molecule has 3 atom stereocenters. The van der Waals surface area contributed by atoms with E-state index in [1.165, 1.54) is 5.56 Å². The summed E-state index contributed by atoms with van der Waals surface area (Å²) in [6, 6.07) is 14.0. The Bertz CT molecular complexity index is 630. The van der Waals surface area contributed by atoms with Crippen molar-refractivity contribution in [2.75, 3.05) is 13.2 Å². The Labute approximate surface area is 136 Å². The molecule has 1 saturated heterocycles. The number of carbonyl (C=O) groups excluding carboxylic acids is 1. The molecule has 1 amide bonds. The van der Waals surface area contributed by atoms with Crippen LogP contribution in [0.15, 0.2) is 54.9 Å². The van der Waals surface area contributed by atoms with Crippen molar-refractivity contribution in [1.29, 1.82) is 0 Å². The van der Waals surface area contributed by atoms with E-state index < -0.39 is 0 Å². The predicted octanol–water partition coefficient (Wildman–Crippen LogP) is 3.08. The molecule has 0 bridgehead atoms. The zero-order chi connectivity index (χ0) is 16.1. The molecule has 3 rings (SSSR count). The smallest absolute Gasteiger partial charge is 0.227 e. The molecule has 120 valence electrons. The van der Waals surface area contributed by atoms with Gasteiger partial charge >= 0.3 is 0 Å². The summed E-state index contributed by atoms with van der Waals surface area (Å²) >= 11 is 0. The third-order valence-electron chi connectivity index (χ3n) is 4.46. The Morgan fingerprint density at radius 3 is 2.87 bits per heavy atom. The average Bonchev–Trinajstić information content (AvgIpc) is 3.09. The molecule has 2 aromatic rings. The number of hydrogen-bond acceptors (Lipinski definition) is 3. The normalized spacial score (nSPS) is 21.8. The van der Waals surface area contributed by atoms with Gasteiger partial charge in [0.1, 0.15) is 0 Å². The molecular weight excluding hydrogens is 288 g/mol. The summed E-state index contributed by atoms with van der Waals surface area (Å²) in [4.78, 5) is 16.4. The van der Waals surface area contributed by atoms with Gasteiger partial charge in [0.2, 0.25) is 5.91 Å². The first-order valence-corrected chi connectivity index (χ1v) is 8.10. The fourth-order valence-corrected chi connectivity index (χ4v) is 3.02. The maximum Gasteiger partial charge on any atom is 0.227 e. The van der Waals surface area contributed by atoms with Gasteiger partial charge in [-0.15, -0.1) is 0 Å². The van der Waals surface area contributed by atoms with E-state index in [0.29, 0.717) is 12.5 Å². The largest absolute Gasteiger partial charge is 0.373 e. The second-order valence-electron chi connectivity index (χ2n) is 6.00. The first-order valence-electron chi connectivity index (χ1n) is 8.10. The van der Waals surface area contributed by atoms with Crippen LogP contribution in [0.4, 0.5) is 0 Å². The van der Waals surface area contributed by atoms with Gasteiger partial charge in [-0.1, -0.05) is 36.4 Å². The van der Waals surface area contributed by atoms with Gasteiger partial charge in [0.05, 0.1) is 12.0 Å². The number of amides is 1. The number of hydrogen-bond donors (Lipinski definition) is 1. The second-order valence-corrected chi connectivity index (χ2v) is 6.00. The van der Waals surface area contributed by atoms with Crippen LogP contribution in [0.3, 0.4) is 0 Å². The highest BCUT2D eigenvalue weighted by atomic mass is 16.5. The Hall–Kier alpha value is -2.20. The van der Waals surface area contributed by atoms with Gasteiger partial charge in [-0.3, -0.25) is 9.78 Å². The van der Waals surface area contributed by atoms with Crippen molar-refractivity contribution >= 4 is 5.91 Å². The molecule has 0 saturated carbocycles. The fourth-order valence-electron chi connectivity index (χ4n) is 3.02. The van der Waals surface area contributed by atoms with E-state index in [-0.39, 0.29) is 17.9 Å². The van der Waals surface area contributed by atoms with Crippen LogP contribution in [0, 0.1) is 5.92 Å². The Morgan fingerprint density at radius 1 is 1.30 bits per heavy atom. The highest BCUT2D eigenvalue weighted by molar-refractivity contribution is 5.83. The highest BCUT2D eigenvalue weighted by Crippen LogP contribution is 2.34. The second kappa shape index (κ2) is 7.38. The molecule has 23 heavy (non-hydrogen) atoms. The minimum atomic E-state index is -0.193. The van der Waals surface area contributed by atoms with Crippen LogP contribution in [-0.2, 0) is 9.53 Å². The summed E-state index contributed by atoms with van der Waals surface area (Å²) < 4.78 is 5.87. The van der Waals surface area contributed by atoms with Crippen molar-refractivity contribution in [3.8, 4) is 0 Å². The third-order valence-corrected chi connectivity index (χ3v) is 4.46. The van der Waals surface area contributed by atoms with Gasteiger partial charge in [0.25, 0.3) is 0 Å². The lowest BCUT2D eigenvalue weighted by Gasteiger charge is -2.20. The monoisotopic (exact) mass is 310 g/mol. The van der Waals surface area contributed by atoms with Crippen LogP contribution in [0.2, 0.25) is 0 Å². The molecule has 0 aliphatic carbocycles. The Kier molecular flexibility index (Phi) is 5.03. The molecular formula is C19H22N2O2. The number of benzene rings is 1. The molecule has 0 radical (unpaired) electrons. The first-order chi connectivity index (χ1) is 11.3. The van der Waals surface area contributed by atoms with Crippen molar-refractivity contribution < 1.29 is 9.53 Å². The Balaban J connectivity index is 1.58. The first kappa shape index (κ1) is 15.7. The Morgan fingerprint density at radius 2 is 2.13 bits per heavy atom. The lowest BCUT2D eigenvalue weighted by molar-refractivity contribution is -0.122. The van der Waals surface area contributed by atoms with Crippen molar-refractivity contribution in [3.63, 3.8) is 0 Å². The number of nitrogens with one attached hydrogen (secondary N) is 1. The van der Waals surface area contributed by atoms with E-state index in [0.717, 1.165) is 18.6 Å². The third kappa shape index (κ3) is 3.77. The molecule has 2 heterocycles. The minimum Gasteiger partial charge on any atom is -0.373 e. The molecule has 4 heteroatoms. The van der Waals surface area contributed by atoms with Gasteiger partial charge in [-0.25, -0.2) is 0 Å². The zero-order valence-electron chi connectivity index (χ0n) is 13.3. The van der Waals surface area contributed by atoms with E-state index in [2.05, 4.69) is 22.4 Å². The highest BCUT2D eigenvalue weighted by Gasteiger charge is 2.30. The number of rotatable bonds is 5. The van der Waals surface area contributed by atoms with Crippen LogP contribution >= 0.6 is 0 Å². The average molecular weight is 310 g/mol. The topological polar surface area (TPSA) is 51.2 Å². The van der Waals surface area contributed by atoms with E-state index in [9.17, 15) is 4.79 Å². The van der Waals surface area contributed by atoms with Gasteiger partial charge in [0.15, 0.2) is 0 Å². The summed E-state index contributed by atoms with van der Waals surface area (Å²) in [5, 5.41) is 3.08. The van der Waals surface area contributed by atoms with Crippen LogP contribution in [0.5, 0.6) is 0 Å². The number of nitrogens with zero attached hydrogens (tertiary/aromatic N) is 1. The van der Waals surface area contributed by atoms with E-state index in [1.54, 1.807) is 12.4 Å². The van der Waals surface area contributed by atoms with Crippen LogP contribution in [0.1, 0.15) is 36.5 Å². The molecule has 4 nitrogen and oxygen atoms in total. The van der Waals surface area contributed by atoms with Crippen molar-refractivity contribution in [1.82, 2.24) is 10.3 Å². The zero-order valence-corrected chi connectivity index (χ0v) is 13.3.